The number of fused-ring (bicyclic) bond motifs is 1. The summed E-state index contributed by atoms with van der Waals surface area (Å²) < 4.78 is 15.4. The first kappa shape index (κ1) is 18.6. The summed E-state index contributed by atoms with van der Waals surface area (Å²) in [5.41, 5.74) is 5.82. The van der Waals surface area contributed by atoms with Gasteiger partial charge in [-0.05, 0) is 43.7 Å². The molecule has 4 aromatic rings. The van der Waals surface area contributed by atoms with Crippen molar-refractivity contribution in [2.75, 3.05) is 36.0 Å². The van der Waals surface area contributed by atoms with E-state index < -0.39 is 0 Å². The number of hydrogen-bond donors (Lipinski definition) is 0. The summed E-state index contributed by atoms with van der Waals surface area (Å²) in [4.78, 5) is 9.58. The van der Waals surface area contributed by atoms with Gasteiger partial charge in [-0.25, -0.2) is 9.37 Å². The Morgan fingerprint density at radius 2 is 1.50 bits per heavy atom. The highest BCUT2D eigenvalue weighted by Gasteiger charge is 2.22. The smallest absolute Gasteiger partial charge is 0.165 e. The topological polar surface area (TPSA) is 36.7 Å². The summed E-state index contributed by atoms with van der Waals surface area (Å²) in [6, 6.07) is 19.2. The maximum Gasteiger partial charge on any atom is 0.165 e. The minimum Gasteiger partial charge on any atom is -0.368 e. The Balaban J connectivity index is 1.50. The van der Waals surface area contributed by atoms with Crippen LogP contribution in [-0.2, 0) is 0 Å². The Morgan fingerprint density at radius 3 is 2.20 bits per heavy atom. The van der Waals surface area contributed by atoms with Crippen molar-refractivity contribution in [2.45, 2.75) is 13.8 Å². The van der Waals surface area contributed by atoms with E-state index in [0.717, 1.165) is 60.2 Å². The van der Waals surface area contributed by atoms with E-state index in [0.29, 0.717) is 0 Å². The molecular weight excluding hydrogens is 377 g/mol. The van der Waals surface area contributed by atoms with Crippen LogP contribution in [0.15, 0.2) is 60.7 Å². The van der Waals surface area contributed by atoms with E-state index >= 15 is 0 Å². The molecule has 0 spiro atoms. The van der Waals surface area contributed by atoms with Gasteiger partial charge in [0.15, 0.2) is 5.65 Å². The molecule has 1 aliphatic rings. The van der Waals surface area contributed by atoms with Gasteiger partial charge in [-0.2, -0.15) is 9.61 Å². The lowest BCUT2D eigenvalue weighted by atomic mass is 10.1. The summed E-state index contributed by atoms with van der Waals surface area (Å²) in [6.07, 6.45) is 0. The number of hydrogen-bond acceptors (Lipinski definition) is 4. The van der Waals surface area contributed by atoms with Gasteiger partial charge in [0.2, 0.25) is 0 Å². The third kappa shape index (κ3) is 3.28. The minimum atomic E-state index is -0.242. The molecular formula is C24H24FN5. The fourth-order valence-electron chi connectivity index (χ4n) is 4.24. The lowest BCUT2D eigenvalue weighted by Gasteiger charge is -2.37. The van der Waals surface area contributed by atoms with Crippen LogP contribution in [0.1, 0.15) is 11.4 Å². The second-order valence-electron chi connectivity index (χ2n) is 7.77. The number of nitrogens with zero attached hydrogens (tertiary/aromatic N) is 5. The van der Waals surface area contributed by atoms with Gasteiger partial charge in [0.25, 0.3) is 0 Å². The molecule has 0 saturated carbocycles. The van der Waals surface area contributed by atoms with Gasteiger partial charge in [-0.1, -0.05) is 30.3 Å². The van der Waals surface area contributed by atoms with Crippen LogP contribution in [0.25, 0.3) is 16.8 Å². The molecule has 0 aliphatic carbocycles. The summed E-state index contributed by atoms with van der Waals surface area (Å²) >= 11 is 0. The Kier molecular flexibility index (Phi) is 4.62. The molecule has 3 heterocycles. The van der Waals surface area contributed by atoms with Gasteiger partial charge in [0, 0.05) is 49.2 Å². The molecule has 1 fully saturated rings. The third-order valence-corrected chi connectivity index (χ3v) is 5.73. The van der Waals surface area contributed by atoms with Crippen molar-refractivity contribution in [2.24, 2.45) is 0 Å². The van der Waals surface area contributed by atoms with Crippen molar-refractivity contribution in [3.8, 4) is 11.1 Å². The maximum absolute atomic E-state index is 13.4. The van der Waals surface area contributed by atoms with E-state index in [4.69, 9.17) is 10.1 Å². The zero-order valence-electron chi connectivity index (χ0n) is 17.2. The van der Waals surface area contributed by atoms with Crippen molar-refractivity contribution in [3.05, 3.63) is 77.9 Å². The standard InChI is InChI=1S/C24H24FN5/c1-17-16-22(29-14-12-28(13-15-29)21-6-4-3-5-7-21)30-24(26-17)23(18(2)27-30)19-8-10-20(25)11-9-19/h3-11,16H,12-15H2,1-2H3. The first-order valence-electron chi connectivity index (χ1n) is 10.3. The summed E-state index contributed by atoms with van der Waals surface area (Å²) in [7, 11) is 0. The second kappa shape index (κ2) is 7.44. The Bertz CT molecular complexity index is 1180. The molecule has 2 aromatic carbocycles. The quantitative estimate of drug-likeness (QED) is 0.507. The molecule has 0 atom stereocenters. The van der Waals surface area contributed by atoms with Crippen LogP contribution in [0.2, 0.25) is 0 Å². The van der Waals surface area contributed by atoms with E-state index in [1.165, 1.54) is 17.8 Å². The summed E-state index contributed by atoms with van der Waals surface area (Å²) in [5, 5.41) is 4.81. The van der Waals surface area contributed by atoms with Gasteiger partial charge in [0.05, 0.1) is 5.69 Å². The maximum atomic E-state index is 13.4. The van der Waals surface area contributed by atoms with Gasteiger partial charge >= 0.3 is 0 Å². The number of para-hydroxylation sites is 1. The predicted octanol–water partition coefficient (Wildman–Crippen LogP) is 4.48. The SMILES string of the molecule is Cc1cc(N2CCN(c3ccccc3)CC2)n2nc(C)c(-c3ccc(F)cc3)c2n1. The van der Waals surface area contributed by atoms with Crippen molar-refractivity contribution in [3.63, 3.8) is 0 Å². The number of piperazine rings is 1. The molecule has 0 N–H and O–H groups in total. The van der Waals surface area contributed by atoms with Crippen molar-refractivity contribution < 1.29 is 4.39 Å². The van der Waals surface area contributed by atoms with Crippen molar-refractivity contribution in [1.29, 1.82) is 0 Å². The molecule has 30 heavy (non-hydrogen) atoms. The van der Waals surface area contributed by atoms with Crippen LogP contribution in [0, 0.1) is 19.7 Å². The van der Waals surface area contributed by atoms with Crippen LogP contribution in [0.4, 0.5) is 15.9 Å². The van der Waals surface area contributed by atoms with Crippen LogP contribution < -0.4 is 9.80 Å². The molecule has 0 bridgehead atoms. The molecule has 152 valence electrons. The third-order valence-electron chi connectivity index (χ3n) is 5.73. The van der Waals surface area contributed by atoms with E-state index in [1.54, 1.807) is 12.1 Å². The highest BCUT2D eigenvalue weighted by molar-refractivity contribution is 5.81. The Hall–Kier alpha value is -3.41. The lowest BCUT2D eigenvalue weighted by Crippen LogP contribution is -2.47. The average Bonchev–Trinajstić information content (AvgIpc) is 3.10. The van der Waals surface area contributed by atoms with Gasteiger partial charge < -0.3 is 9.80 Å². The number of benzene rings is 2. The van der Waals surface area contributed by atoms with Gasteiger partial charge in [0.1, 0.15) is 11.6 Å². The molecule has 0 unspecified atom stereocenters. The van der Waals surface area contributed by atoms with Crippen LogP contribution >= 0.6 is 0 Å². The zero-order valence-corrected chi connectivity index (χ0v) is 17.2. The zero-order chi connectivity index (χ0) is 20.7. The molecule has 0 amide bonds. The predicted molar refractivity (Wildman–Crippen MR) is 119 cm³/mol. The highest BCUT2D eigenvalue weighted by Crippen LogP contribution is 2.31. The second-order valence-corrected chi connectivity index (χ2v) is 7.77. The fourth-order valence-corrected chi connectivity index (χ4v) is 4.24. The average molecular weight is 401 g/mol. The summed E-state index contributed by atoms with van der Waals surface area (Å²) in [5.74, 6) is 0.815. The minimum absolute atomic E-state index is 0.242. The van der Waals surface area contributed by atoms with Crippen molar-refractivity contribution in [1.82, 2.24) is 14.6 Å². The monoisotopic (exact) mass is 401 g/mol. The molecule has 2 aromatic heterocycles. The van der Waals surface area contributed by atoms with Crippen LogP contribution in [0.3, 0.4) is 0 Å². The first-order valence-corrected chi connectivity index (χ1v) is 10.3. The lowest BCUT2D eigenvalue weighted by molar-refractivity contribution is 0.628. The number of rotatable bonds is 3. The fraction of sp³-hybridized carbons (Fsp3) is 0.250. The summed E-state index contributed by atoms with van der Waals surface area (Å²) in [6.45, 7) is 7.74. The first-order chi connectivity index (χ1) is 14.6. The molecule has 5 rings (SSSR count). The largest absolute Gasteiger partial charge is 0.368 e. The van der Waals surface area contributed by atoms with E-state index in [-0.39, 0.29) is 5.82 Å². The van der Waals surface area contributed by atoms with E-state index in [1.807, 2.05) is 18.4 Å². The van der Waals surface area contributed by atoms with Crippen molar-refractivity contribution >= 4 is 17.2 Å². The van der Waals surface area contributed by atoms with Crippen LogP contribution in [0.5, 0.6) is 0 Å². The Morgan fingerprint density at radius 1 is 0.833 bits per heavy atom. The van der Waals surface area contributed by atoms with E-state index in [9.17, 15) is 4.39 Å². The molecule has 1 saturated heterocycles. The van der Waals surface area contributed by atoms with Crippen LogP contribution in [-0.4, -0.2) is 40.8 Å². The van der Waals surface area contributed by atoms with E-state index in [2.05, 4.69) is 46.2 Å². The molecule has 6 heteroatoms. The Labute approximate surface area is 175 Å². The number of anilines is 2. The number of aromatic nitrogens is 3. The molecule has 0 radical (unpaired) electrons. The molecule has 5 nitrogen and oxygen atoms in total. The normalized spacial score (nSPS) is 14.5. The highest BCUT2D eigenvalue weighted by atomic mass is 19.1. The van der Waals surface area contributed by atoms with Gasteiger partial charge in [-0.15, -0.1) is 0 Å². The van der Waals surface area contributed by atoms with Gasteiger partial charge in [-0.3, -0.25) is 0 Å². The number of aryl methyl sites for hydroxylation is 2. The number of halogens is 1. The molecule has 1 aliphatic heterocycles.